The SMILES string of the molecule is Cc1nc(-c2ccc(OC[C@H]3CCCCO3)cc2)no1. The molecule has 0 saturated carbocycles. The van der Waals surface area contributed by atoms with E-state index in [1.807, 2.05) is 24.3 Å². The van der Waals surface area contributed by atoms with Crippen LogP contribution in [0.1, 0.15) is 25.2 Å². The highest BCUT2D eigenvalue weighted by molar-refractivity contribution is 5.55. The Balaban J connectivity index is 1.58. The molecule has 1 aliphatic heterocycles. The molecule has 20 heavy (non-hydrogen) atoms. The maximum Gasteiger partial charge on any atom is 0.223 e. The van der Waals surface area contributed by atoms with Crippen LogP contribution in [-0.2, 0) is 4.74 Å². The van der Waals surface area contributed by atoms with E-state index < -0.39 is 0 Å². The standard InChI is InChI=1S/C15H18N2O3/c1-11-16-15(17-20-11)12-5-7-13(8-6-12)19-10-14-4-2-3-9-18-14/h5-8,14H,2-4,9-10H2,1H3/t14-/m1/s1. The molecule has 2 aromatic rings. The summed E-state index contributed by atoms with van der Waals surface area (Å²) in [7, 11) is 0. The van der Waals surface area contributed by atoms with E-state index in [-0.39, 0.29) is 6.10 Å². The molecule has 5 nitrogen and oxygen atoms in total. The quantitative estimate of drug-likeness (QED) is 0.857. The summed E-state index contributed by atoms with van der Waals surface area (Å²) in [5, 5.41) is 3.89. The van der Waals surface area contributed by atoms with Gasteiger partial charge < -0.3 is 14.0 Å². The topological polar surface area (TPSA) is 57.4 Å². The third kappa shape index (κ3) is 3.17. The Bertz CT molecular complexity index is 545. The van der Waals surface area contributed by atoms with Gasteiger partial charge in [-0.15, -0.1) is 0 Å². The maximum atomic E-state index is 5.75. The predicted molar refractivity (Wildman–Crippen MR) is 73.6 cm³/mol. The molecule has 0 unspecified atom stereocenters. The number of hydrogen-bond donors (Lipinski definition) is 0. The molecular weight excluding hydrogens is 256 g/mol. The molecule has 1 aromatic carbocycles. The fraction of sp³-hybridized carbons (Fsp3) is 0.467. The first-order chi connectivity index (χ1) is 9.81. The summed E-state index contributed by atoms with van der Waals surface area (Å²) < 4.78 is 16.4. The Labute approximate surface area is 117 Å². The third-order valence-corrected chi connectivity index (χ3v) is 3.35. The van der Waals surface area contributed by atoms with Gasteiger partial charge in [-0.05, 0) is 43.5 Å². The highest BCUT2D eigenvalue weighted by atomic mass is 16.5. The van der Waals surface area contributed by atoms with Crippen molar-refractivity contribution in [2.75, 3.05) is 13.2 Å². The molecule has 1 saturated heterocycles. The zero-order chi connectivity index (χ0) is 13.8. The van der Waals surface area contributed by atoms with E-state index in [0.717, 1.165) is 30.8 Å². The van der Waals surface area contributed by atoms with Gasteiger partial charge in [-0.2, -0.15) is 4.98 Å². The third-order valence-electron chi connectivity index (χ3n) is 3.35. The zero-order valence-corrected chi connectivity index (χ0v) is 11.5. The molecule has 0 aliphatic carbocycles. The van der Waals surface area contributed by atoms with Gasteiger partial charge in [0.2, 0.25) is 11.7 Å². The van der Waals surface area contributed by atoms with E-state index in [4.69, 9.17) is 14.0 Å². The molecule has 0 bridgehead atoms. The minimum atomic E-state index is 0.225. The fourth-order valence-corrected chi connectivity index (χ4v) is 2.24. The van der Waals surface area contributed by atoms with Crippen molar-refractivity contribution >= 4 is 0 Å². The smallest absolute Gasteiger partial charge is 0.223 e. The lowest BCUT2D eigenvalue weighted by Crippen LogP contribution is -2.25. The van der Waals surface area contributed by atoms with Crippen LogP contribution < -0.4 is 4.74 Å². The van der Waals surface area contributed by atoms with Crippen LogP contribution >= 0.6 is 0 Å². The normalized spacial score (nSPS) is 18.9. The van der Waals surface area contributed by atoms with Gasteiger partial charge in [0.05, 0.1) is 6.10 Å². The van der Waals surface area contributed by atoms with E-state index in [1.165, 1.54) is 6.42 Å². The minimum absolute atomic E-state index is 0.225. The molecule has 0 amide bonds. The zero-order valence-electron chi connectivity index (χ0n) is 11.5. The lowest BCUT2D eigenvalue weighted by Gasteiger charge is -2.22. The second-order valence-corrected chi connectivity index (χ2v) is 4.96. The second-order valence-electron chi connectivity index (χ2n) is 4.96. The van der Waals surface area contributed by atoms with Gasteiger partial charge in [0.1, 0.15) is 12.4 Å². The molecule has 0 radical (unpaired) electrons. The Morgan fingerprint density at radius 2 is 2.10 bits per heavy atom. The van der Waals surface area contributed by atoms with Crippen LogP contribution in [0.2, 0.25) is 0 Å². The highest BCUT2D eigenvalue weighted by Gasteiger charge is 2.14. The van der Waals surface area contributed by atoms with E-state index in [1.54, 1.807) is 6.92 Å². The lowest BCUT2D eigenvalue weighted by atomic mass is 10.1. The average molecular weight is 274 g/mol. The van der Waals surface area contributed by atoms with Gasteiger partial charge in [-0.25, -0.2) is 0 Å². The van der Waals surface area contributed by atoms with Crippen LogP contribution in [0.4, 0.5) is 0 Å². The summed E-state index contributed by atoms with van der Waals surface area (Å²) in [5.41, 5.74) is 0.920. The number of rotatable bonds is 4. The lowest BCUT2D eigenvalue weighted by molar-refractivity contribution is -0.0110. The van der Waals surface area contributed by atoms with Crippen LogP contribution in [0.25, 0.3) is 11.4 Å². The van der Waals surface area contributed by atoms with Crippen molar-refractivity contribution < 1.29 is 14.0 Å². The summed E-state index contributed by atoms with van der Waals surface area (Å²) in [4.78, 5) is 4.19. The average Bonchev–Trinajstić information content (AvgIpc) is 2.93. The number of benzene rings is 1. The van der Waals surface area contributed by atoms with Gasteiger partial charge in [0.15, 0.2) is 0 Å². The van der Waals surface area contributed by atoms with Crippen molar-refractivity contribution in [2.45, 2.75) is 32.3 Å². The predicted octanol–water partition coefficient (Wildman–Crippen LogP) is 2.99. The van der Waals surface area contributed by atoms with Crippen molar-refractivity contribution in [2.24, 2.45) is 0 Å². The first kappa shape index (κ1) is 13.1. The van der Waals surface area contributed by atoms with Crippen LogP contribution in [0, 0.1) is 6.92 Å². The number of aromatic nitrogens is 2. The van der Waals surface area contributed by atoms with Gasteiger partial charge in [0.25, 0.3) is 0 Å². The number of hydrogen-bond acceptors (Lipinski definition) is 5. The maximum absolute atomic E-state index is 5.75. The van der Waals surface area contributed by atoms with Crippen LogP contribution in [0.3, 0.4) is 0 Å². The van der Waals surface area contributed by atoms with Crippen LogP contribution in [-0.4, -0.2) is 29.5 Å². The fourth-order valence-electron chi connectivity index (χ4n) is 2.24. The molecule has 1 aromatic heterocycles. The molecule has 0 N–H and O–H groups in total. The second kappa shape index (κ2) is 6.05. The van der Waals surface area contributed by atoms with E-state index >= 15 is 0 Å². The molecule has 0 spiro atoms. The Kier molecular flexibility index (Phi) is 3.97. The monoisotopic (exact) mass is 274 g/mol. The van der Waals surface area contributed by atoms with Crippen molar-refractivity contribution in [3.05, 3.63) is 30.2 Å². The van der Waals surface area contributed by atoms with Crippen molar-refractivity contribution in [3.8, 4) is 17.1 Å². The molecular formula is C15H18N2O3. The molecule has 106 valence electrons. The largest absolute Gasteiger partial charge is 0.491 e. The highest BCUT2D eigenvalue weighted by Crippen LogP contribution is 2.21. The Morgan fingerprint density at radius 3 is 2.75 bits per heavy atom. The molecule has 2 heterocycles. The summed E-state index contributed by atoms with van der Waals surface area (Å²) in [5.74, 6) is 2.00. The van der Waals surface area contributed by atoms with Gasteiger partial charge in [0, 0.05) is 19.1 Å². The van der Waals surface area contributed by atoms with Crippen molar-refractivity contribution in [1.82, 2.24) is 10.1 Å². The molecule has 1 aliphatic rings. The Hall–Kier alpha value is -1.88. The van der Waals surface area contributed by atoms with Crippen molar-refractivity contribution in [1.29, 1.82) is 0 Å². The van der Waals surface area contributed by atoms with Gasteiger partial charge >= 0.3 is 0 Å². The number of nitrogens with zero attached hydrogens (tertiary/aromatic N) is 2. The summed E-state index contributed by atoms with van der Waals surface area (Å²) >= 11 is 0. The first-order valence-corrected chi connectivity index (χ1v) is 6.96. The van der Waals surface area contributed by atoms with E-state index in [0.29, 0.717) is 18.3 Å². The van der Waals surface area contributed by atoms with Crippen LogP contribution in [0.5, 0.6) is 5.75 Å². The van der Waals surface area contributed by atoms with Crippen molar-refractivity contribution in [3.63, 3.8) is 0 Å². The van der Waals surface area contributed by atoms with E-state index in [9.17, 15) is 0 Å². The van der Waals surface area contributed by atoms with Gasteiger partial charge in [-0.3, -0.25) is 0 Å². The molecule has 1 atom stereocenters. The van der Waals surface area contributed by atoms with E-state index in [2.05, 4.69) is 10.1 Å². The summed E-state index contributed by atoms with van der Waals surface area (Å²) in [6, 6.07) is 7.70. The van der Waals surface area contributed by atoms with Crippen LogP contribution in [0.15, 0.2) is 28.8 Å². The minimum Gasteiger partial charge on any atom is -0.491 e. The number of aryl methyl sites for hydroxylation is 1. The molecule has 3 rings (SSSR count). The summed E-state index contributed by atoms with van der Waals surface area (Å²) in [6.45, 7) is 3.24. The summed E-state index contributed by atoms with van der Waals surface area (Å²) in [6.07, 6.45) is 3.70. The molecule has 5 heteroatoms. The number of ether oxygens (including phenoxy) is 2. The Morgan fingerprint density at radius 1 is 1.25 bits per heavy atom. The molecule has 1 fully saturated rings. The first-order valence-electron chi connectivity index (χ1n) is 6.96. The van der Waals surface area contributed by atoms with Gasteiger partial charge in [-0.1, -0.05) is 5.16 Å².